The van der Waals surface area contributed by atoms with Crippen LogP contribution in [0.3, 0.4) is 0 Å². The Hall–Kier alpha value is -1.40. The number of nitriles is 1. The van der Waals surface area contributed by atoms with E-state index < -0.39 is 0 Å². The van der Waals surface area contributed by atoms with Crippen LogP contribution in [0.25, 0.3) is 10.1 Å². The van der Waals surface area contributed by atoms with Crippen LogP contribution in [0.1, 0.15) is 18.1 Å². The summed E-state index contributed by atoms with van der Waals surface area (Å²) in [6.07, 6.45) is 1.28. The molecule has 0 aliphatic heterocycles. The number of halogens is 1. The van der Waals surface area contributed by atoms with E-state index in [1.165, 1.54) is 0 Å². The molecule has 1 heterocycles. The van der Waals surface area contributed by atoms with Gasteiger partial charge in [-0.2, -0.15) is 9.65 Å². The average Bonchev–Trinajstić information content (AvgIpc) is 2.56. The van der Waals surface area contributed by atoms with E-state index >= 15 is 0 Å². The quantitative estimate of drug-likeness (QED) is 0.756. The minimum absolute atomic E-state index is 0.166. The van der Waals surface area contributed by atoms with E-state index in [1.54, 1.807) is 6.07 Å². The molecule has 0 aliphatic rings. The van der Waals surface area contributed by atoms with Crippen molar-refractivity contribution in [3.05, 3.63) is 34.5 Å². The van der Waals surface area contributed by atoms with Crippen LogP contribution in [-0.2, 0) is 12.8 Å². The molecule has 1 aromatic heterocycles. The minimum Gasteiger partial charge on any atom is -0.198 e. The van der Waals surface area contributed by atoms with Crippen molar-refractivity contribution in [1.82, 2.24) is 0 Å². The van der Waals surface area contributed by atoms with Crippen LogP contribution in [0.4, 0.5) is 4.39 Å². The molecule has 0 fully saturated rings. The van der Waals surface area contributed by atoms with E-state index in [9.17, 15) is 4.39 Å². The fourth-order valence-corrected chi connectivity index (χ4v) is 2.56. The molecule has 0 unspecified atom stereocenters. The Morgan fingerprint density at radius 2 is 2.13 bits per heavy atom. The fraction of sp³-hybridized carbons (Fsp3) is 0.250. The van der Waals surface area contributed by atoms with E-state index in [0.717, 1.165) is 39.0 Å². The maximum atomic E-state index is 13.0. The normalized spacial score (nSPS) is 10.5. The maximum absolute atomic E-state index is 13.0. The lowest BCUT2D eigenvalue weighted by atomic mass is 10.0. The molecular formula is C12H10FNS. The molecule has 0 atom stereocenters. The van der Waals surface area contributed by atoms with Gasteiger partial charge in [0, 0.05) is 4.70 Å². The zero-order chi connectivity index (χ0) is 10.8. The molecule has 15 heavy (non-hydrogen) atoms. The summed E-state index contributed by atoms with van der Waals surface area (Å²) in [5.41, 5.74) is 2.16. The second-order valence-corrected chi connectivity index (χ2v) is 4.43. The molecule has 0 amide bonds. The first-order valence-corrected chi connectivity index (χ1v) is 5.64. The van der Waals surface area contributed by atoms with Gasteiger partial charge in [-0.1, -0.05) is 6.92 Å². The summed E-state index contributed by atoms with van der Waals surface area (Å²) >= 11 is 1.14. The zero-order valence-electron chi connectivity index (χ0n) is 8.38. The number of fused-ring (bicyclic) bond motifs is 1. The van der Waals surface area contributed by atoms with Crippen molar-refractivity contribution in [2.75, 3.05) is 0 Å². The SMILES string of the molecule is CCc1cc2cc(F)sc2cc1CC#N. The van der Waals surface area contributed by atoms with Gasteiger partial charge in [0.15, 0.2) is 5.13 Å². The molecule has 0 saturated heterocycles. The predicted octanol–water partition coefficient (Wildman–Crippen LogP) is 3.67. The molecule has 2 aromatic rings. The topological polar surface area (TPSA) is 23.8 Å². The first-order valence-electron chi connectivity index (χ1n) is 4.82. The fourth-order valence-electron chi connectivity index (χ4n) is 1.72. The lowest BCUT2D eigenvalue weighted by Crippen LogP contribution is -1.90. The zero-order valence-corrected chi connectivity index (χ0v) is 9.20. The van der Waals surface area contributed by atoms with E-state index in [0.29, 0.717) is 6.42 Å². The van der Waals surface area contributed by atoms with Crippen LogP contribution in [0, 0.1) is 16.5 Å². The van der Waals surface area contributed by atoms with Crippen molar-refractivity contribution in [3.63, 3.8) is 0 Å². The summed E-state index contributed by atoms with van der Waals surface area (Å²) < 4.78 is 14.0. The van der Waals surface area contributed by atoms with Crippen molar-refractivity contribution in [1.29, 1.82) is 5.26 Å². The number of aryl methyl sites for hydroxylation is 1. The van der Waals surface area contributed by atoms with Crippen molar-refractivity contribution < 1.29 is 4.39 Å². The van der Waals surface area contributed by atoms with Gasteiger partial charge in [-0.15, -0.1) is 11.3 Å². The van der Waals surface area contributed by atoms with Crippen molar-refractivity contribution in [2.45, 2.75) is 19.8 Å². The highest BCUT2D eigenvalue weighted by Gasteiger charge is 2.06. The summed E-state index contributed by atoms with van der Waals surface area (Å²) in [6.45, 7) is 2.05. The molecule has 76 valence electrons. The molecule has 3 heteroatoms. The second-order valence-electron chi connectivity index (χ2n) is 3.40. The Morgan fingerprint density at radius 3 is 2.80 bits per heavy atom. The molecule has 0 N–H and O–H groups in total. The summed E-state index contributed by atoms with van der Waals surface area (Å²) in [6, 6.07) is 7.62. The van der Waals surface area contributed by atoms with Crippen molar-refractivity contribution in [2.24, 2.45) is 0 Å². The van der Waals surface area contributed by atoms with Crippen molar-refractivity contribution >= 4 is 21.4 Å². The number of hydrogen-bond donors (Lipinski definition) is 0. The lowest BCUT2D eigenvalue weighted by molar-refractivity contribution is 0.658. The summed E-state index contributed by atoms with van der Waals surface area (Å²) in [4.78, 5) is 0. The van der Waals surface area contributed by atoms with Crippen LogP contribution in [0.15, 0.2) is 18.2 Å². The molecule has 0 saturated carbocycles. The molecule has 0 spiro atoms. The number of thiophene rings is 1. The summed E-state index contributed by atoms with van der Waals surface area (Å²) in [7, 11) is 0. The van der Waals surface area contributed by atoms with Gasteiger partial charge in [0.25, 0.3) is 0 Å². The van der Waals surface area contributed by atoms with Gasteiger partial charge in [-0.3, -0.25) is 0 Å². The van der Waals surface area contributed by atoms with E-state index in [4.69, 9.17) is 5.26 Å². The maximum Gasteiger partial charge on any atom is 0.177 e. The van der Waals surface area contributed by atoms with Gasteiger partial charge in [-0.05, 0) is 41.1 Å². The highest BCUT2D eigenvalue weighted by molar-refractivity contribution is 7.17. The second kappa shape index (κ2) is 4.00. The number of benzene rings is 1. The molecule has 1 nitrogen and oxygen atoms in total. The highest BCUT2D eigenvalue weighted by Crippen LogP contribution is 2.28. The largest absolute Gasteiger partial charge is 0.198 e. The number of nitrogens with zero attached hydrogens (tertiary/aromatic N) is 1. The van der Waals surface area contributed by atoms with Crippen LogP contribution in [0.2, 0.25) is 0 Å². The van der Waals surface area contributed by atoms with Crippen LogP contribution in [0.5, 0.6) is 0 Å². The molecular weight excluding hydrogens is 209 g/mol. The smallest absolute Gasteiger partial charge is 0.177 e. The van der Waals surface area contributed by atoms with Crippen LogP contribution < -0.4 is 0 Å². The first kappa shape index (κ1) is 10.1. The minimum atomic E-state index is -0.166. The van der Waals surface area contributed by atoms with Gasteiger partial charge in [0.05, 0.1) is 12.5 Å². The summed E-state index contributed by atoms with van der Waals surface area (Å²) in [5.74, 6) is 0. The van der Waals surface area contributed by atoms with Gasteiger partial charge >= 0.3 is 0 Å². The average molecular weight is 219 g/mol. The van der Waals surface area contributed by atoms with Gasteiger partial charge in [0.2, 0.25) is 0 Å². The molecule has 0 bridgehead atoms. The Bertz CT molecular complexity index is 536. The number of hydrogen-bond acceptors (Lipinski definition) is 2. The van der Waals surface area contributed by atoms with Gasteiger partial charge < -0.3 is 0 Å². The predicted molar refractivity (Wildman–Crippen MR) is 60.5 cm³/mol. The van der Waals surface area contributed by atoms with E-state index in [2.05, 4.69) is 6.07 Å². The number of rotatable bonds is 2. The monoisotopic (exact) mass is 219 g/mol. The molecule has 2 rings (SSSR count). The first-order chi connectivity index (χ1) is 7.24. The summed E-state index contributed by atoms with van der Waals surface area (Å²) in [5, 5.41) is 9.47. The Kier molecular flexibility index (Phi) is 2.70. The Balaban J connectivity index is 2.63. The Morgan fingerprint density at radius 1 is 1.33 bits per heavy atom. The van der Waals surface area contributed by atoms with Crippen LogP contribution in [-0.4, -0.2) is 0 Å². The van der Waals surface area contributed by atoms with E-state index in [1.807, 2.05) is 19.1 Å². The van der Waals surface area contributed by atoms with Crippen molar-refractivity contribution in [3.8, 4) is 6.07 Å². The Labute approximate surface area is 91.8 Å². The van der Waals surface area contributed by atoms with Crippen LogP contribution >= 0.6 is 11.3 Å². The highest BCUT2D eigenvalue weighted by atomic mass is 32.1. The molecule has 0 aliphatic carbocycles. The third-order valence-corrected chi connectivity index (χ3v) is 3.35. The van der Waals surface area contributed by atoms with E-state index in [-0.39, 0.29) is 5.13 Å². The molecule has 1 aromatic carbocycles. The lowest BCUT2D eigenvalue weighted by Gasteiger charge is -2.04. The standard InChI is InChI=1S/C12H10FNS/c1-2-8-5-10-7-12(13)15-11(10)6-9(8)3-4-14/h5-7H,2-3H2,1H3. The third-order valence-electron chi connectivity index (χ3n) is 2.46. The van der Waals surface area contributed by atoms with Gasteiger partial charge in [0.1, 0.15) is 0 Å². The van der Waals surface area contributed by atoms with Gasteiger partial charge in [-0.25, -0.2) is 0 Å². The third kappa shape index (κ3) is 1.86. The molecule has 0 radical (unpaired) electrons.